The third-order valence-corrected chi connectivity index (χ3v) is 3.77. The highest BCUT2D eigenvalue weighted by Crippen LogP contribution is 2.39. The monoisotopic (exact) mass is 202 g/mol. The molecule has 1 atom stereocenters. The van der Waals surface area contributed by atoms with E-state index in [-0.39, 0.29) is 0 Å². The Morgan fingerprint density at radius 2 is 1.87 bits per heavy atom. The first-order chi connectivity index (χ1) is 7.09. The maximum Gasteiger partial charge on any atom is -0.0133 e. The molecule has 0 N–H and O–H groups in total. The Labute approximate surface area is 93.7 Å². The van der Waals surface area contributed by atoms with Crippen LogP contribution in [-0.4, -0.2) is 0 Å². The van der Waals surface area contributed by atoms with Crippen LogP contribution >= 0.6 is 0 Å². The summed E-state index contributed by atoms with van der Waals surface area (Å²) in [5.41, 5.74) is 4.73. The molecule has 1 aliphatic carbocycles. The number of hydrogen-bond acceptors (Lipinski definition) is 0. The van der Waals surface area contributed by atoms with Gasteiger partial charge >= 0.3 is 0 Å². The van der Waals surface area contributed by atoms with Crippen LogP contribution in [0.4, 0.5) is 0 Å². The molecule has 0 nitrogen and oxygen atoms in total. The van der Waals surface area contributed by atoms with Crippen LogP contribution in [0.25, 0.3) is 0 Å². The van der Waals surface area contributed by atoms with Gasteiger partial charge in [-0.15, -0.1) is 0 Å². The van der Waals surface area contributed by atoms with Crippen molar-refractivity contribution in [1.82, 2.24) is 0 Å². The van der Waals surface area contributed by atoms with Crippen LogP contribution < -0.4 is 0 Å². The van der Waals surface area contributed by atoms with Crippen molar-refractivity contribution in [2.75, 3.05) is 0 Å². The van der Waals surface area contributed by atoms with Crippen molar-refractivity contribution >= 4 is 0 Å². The van der Waals surface area contributed by atoms with E-state index in [0.717, 1.165) is 11.8 Å². The molecule has 0 spiro atoms. The number of aryl methyl sites for hydroxylation is 1. The summed E-state index contributed by atoms with van der Waals surface area (Å²) in [6, 6.07) is 7.12. The van der Waals surface area contributed by atoms with Crippen molar-refractivity contribution in [2.45, 2.75) is 52.4 Å². The normalized spacial score (nSPS) is 20.0. The van der Waals surface area contributed by atoms with Gasteiger partial charge in [0.2, 0.25) is 0 Å². The lowest BCUT2D eigenvalue weighted by Crippen LogP contribution is -2.03. The van der Waals surface area contributed by atoms with Crippen LogP contribution in [0, 0.1) is 5.92 Å². The number of fused-ring (bicyclic) bond motifs is 1. The minimum absolute atomic E-state index is 0.656. The van der Waals surface area contributed by atoms with E-state index < -0.39 is 0 Å². The first-order valence-electron chi connectivity index (χ1n) is 6.22. The predicted molar refractivity (Wildman–Crippen MR) is 66.4 cm³/mol. The van der Waals surface area contributed by atoms with Gasteiger partial charge in [0.1, 0.15) is 0 Å². The fourth-order valence-corrected chi connectivity index (χ4v) is 2.70. The van der Waals surface area contributed by atoms with Crippen molar-refractivity contribution in [3.05, 3.63) is 34.9 Å². The lowest BCUT2D eigenvalue weighted by Gasteiger charge is -2.17. The second-order valence-electron chi connectivity index (χ2n) is 5.50. The van der Waals surface area contributed by atoms with Crippen molar-refractivity contribution in [1.29, 1.82) is 0 Å². The number of rotatable bonds is 2. The summed E-state index contributed by atoms with van der Waals surface area (Å²) in [4.78, 5) is 0. The zero-order chi connectivity index (χ0) is 11.0. The van der Waals surface area contributed by atoms with Crippen LogP contribution in [0.5, 0.6) is 0 Å². The molecule has 1 aromatic rings. The Balaban J connectivity index is 2.38. The Morgan fingerprint density at radius 3 is 2.47 bits per heavy atom. The van der Waals surface area contributed by atoms with Gasteiger partial charge < -0.3 is 0 Å². The molecule has 0 aliphatic heterocycles. The van der Waals surface area contributed by atoms with E-state index in [0.29, 0.717) is 5.92 Å². The third kappa shape index (κ3) is 1.95. The molecule has 0 radical (unpaired) electrons. The standard InChI is InChI=1S/C15H22/c1-10(2)13-6-5-12-7-8-14(11(3)4)15(12)9-13/h5-6,9-11,14H,7-8H2,1-4H3. The summed E-state index contributed by atoms with van der Waals surface area (Å²) in [7, 11) is 0. The van der Waals surface area contributed by atoms with Gasteiger partial charge in [0.05, 0.1) is 0 Å². The zero-order valence-corrected chi connectivity index (χ0v) is 10.4. The van der Waals surface area contributed by atoms with E-state index in [9.17, 15) is 0 Å². The van der Waals surface area contributed by atoms with Crippen molar-refractivity contribution in [2.24, 2.45) is 5.92 Å². The molecule has 0 aromatic heterocycles. The van der Waals surface area contributed by atoms with Gasteiger partial charge in [-0.05, 0) is 47.3 Å². The van der Waals surface area contributed by atoms with Crippen LogP contribution in [0.2, 0.25) is 0 Å². The highest BCUT2D eigenvalue weighted by molar-refractivity contribution is 5.39. The summed E-state index contributed by atoms with van der Waals surface area (Å²) in [5.74, 6) is 2.25. The van der Waals surface area contributed by atoms with Gasteiger partial charge in [-0.3, -0.25) is 0 Å². The lowest BCUT2D eigenvalue weighted by atomic mass is 9.88. The van der Waals surface area contributed by atoms with E-state index >= 15 is 0 Å². The third-order valence-electron chi connectivity index (χ3n) is 3.77. The van der Waals surface area contributed by atoms with Gasteiger partial charge in [0.15, 0.2) is 0 Å². The van der Waals surface area contributed by atoms with Crippen LogP contribution in [-0.2, 0) is 6.42 Å². The quantitative estimate of drug-likeness (QED) is 0.662. The second kappa shape index (κ2) is 4.00. The largest absolute Gasteiger partial charge is 0.0622 e. The molecule has 1 aromatic carbocycles. The fourth-order valence-electron chi connectivity index (χ4n) is 2.70. The zero-order valence-electron chi connectivity index (χ0n) is 10.4. The van der Waals surface area contributed by atoms with Crippen molar-refractivity contribution in [3.63, 3.8) is 0 Å². The van der Waals surface area contributed by atoms with Gasteiger partial charge in [-0.25, -0.2) is 0 Å². The second-order valence-corrected chi connectivity index (χ2v) is 5.50. The van der Waals surface area contributed by atoms with Crippen LogP contribution in [0.1, 0.15) is 62.6 Å². The van der Waals surface area contributed by atoms with Crippen molar-refractivity contribution < 1.29 is 0 Å². The van der Waals surface area contributed by atoms with Gasteiger partial charge in [0.25, 0.3) is 0 Å². The molecular weight excluding hydrogens is 180 g/mol. The fraction of sp³-hybridized carbons (Fsp3) is 0.600. The summed E-state index contributed by atoms with van der Waals surface area (Å²) in [6.07, 6.45) is 2.64. The Hall–Kier alpha value is -0.780. The smallest absolute Gasteiger partial charge is 0.0133 e. The van der Waals surface area contributed by atoms with Gasteiger partial charge in [-0.1, -0.05) is 45.9 Å². The minimum Gasteiger partial charge on any atom is -0.0622 e. The molecule has 15 heavy (non-hydrogen) atoms. The predicted octanol–water partition coefficient (Wildman–Crippen LogP) is 4.50. The van der Waals surface area contributed by atoms with Gasteiger partial charge in [0, 0.05) is 0 Å². The molecule has 0 bridgehead atoms. The molecule has 0 fully saturated rings. The molecule has 0 heterocycles. The summed E-state index contributed by atoms with van der Waals surface area (Å²) in [6.45, 7) is 9.26. The average molecular weight is 202 g/mol. The van der Waals surface area contributed by atoms with E-state index in [2.05, 4.69) is 45.9 Å². The molecule has 0 saturated heterocycles. The molecule has 0 heteroatoms. The molecule has 1 unspecified atom stereocenters. The average Bonchev–Trinajstić information content (AvgIpc) is 2.59. The Morgan fingerprint density at radius 1 is 1.13 bits per heavy atom. The van der Waals surface area contributed by atoms with Gasteiger partial charge in [-0.2, -0.15) is 0 Å². The first-order valence-corrected chi connectivity index (χ1v) is 6.22. The van der Waals surface area contributed by atoms with Crippen molar-refractivity contribution in [3.8, 4) is 0 Å². The molecule has 1 aliphatic rings. The summed E-state index contributed by atoms with van der Waals surface area (Å²) in [5, 5.41) is 0. The van der Waals surface area contributed by atoms with E-state index in [1.807, 2.05) is 0 Å². The van der Waals surface area contributed by atoms with E-state index in [1.54, 1.807) is 11.1 Å². The SMILES string of the molecule is CC(C)c1ccc2c(c1)C(C(C)C)CC2. The Kier molecular flexibility index (Phi) is 2.86. The van der Waals surface area contributed by atoms with E-state index in [1.165, 1.54) is 18.4 Å². The molecule has 0 amide bonds. The van der Waals surface area contributed by atoms with Crippen LogP contribution in [0.3, 0.4) is 0 Å². The maximum absolute atomic E-state index is 2.46. The topological polar surface area (TPSA) is 0 Å². The lowest BCUT2D eigenvalue weighted by molar-refractivity contribution is 0.495. The van der Waals surface area contributed by atoms with Crippen LogP contribution in [0.15, 0.2) is 18.2 Å². The first kappa shape index (κ1) is 10.7. The molecule has 0 saturated carbocycles. The Bertz CT molecular complexity index is 347. The molecule has 82 valence electrons. The maximum atomic E-state index is 2.46. The summed E-state index contributed by atoms with van der Waals surface area (Å²) < 4.78 is 0. The highest BCUT2D eigenvalue weighted by Gasteiger charge is 2.25. The number of hydrogen-bond donors (Lipinski definition) is 0. The molecular formula is C15H22. The number of benzene rings is 1. The minimum atomic E-state index is 0.656. The summed E-state index contributed by atoms with van der Waals surface area (Å²) >= 11 is 0. The van der Waals surface area contributed by atoms with E-state index in [4.69, 9.17) is 0 Å². The highest BCUT2D eigenvalue weighted by atomic mass is 14.3. The molecule has 2 rings (SSSR count).